The Bertz CT molecular complexity index is 582. The third-order valence-corrected chi connectivity index (χ3v) is 2.07. The molecule has 0 unspecified atom stereocenters. The molecule has 92 valence electrons. The second-order valence-corrected chi connectivity index (χ2v) is 3.53. The number of carbonyl (C=O) groups is 1. The average molecular weight is 266 g/mol. The number of rotatable bonds is 3. The van der Waals surface area contributed by atoms with Gasteiger partial charge < -0.3 is 10.2 Å². The molecule has 0 radical (unpaired) electrons. The van der Waals surface area contributed by atoms with Gasteiger partial charge in [0.25, 0.3) is 0 Å². The first kappa shape index (κ1) is 12.1. The lowest BCUT2D eigenvalue weighted by Crippen LogP contribution is -2.24. The van der Waals surface area contributed by atoms with Gasteiger partial charge in [-0.25, -0.2) is 10.4 Å². The van der Waals surface area contributed by atoms with E-state index in [-0.39, 0.29) is 22.4 Å². The highest BCUT2D eigenvalue weighted by atomic mass is 35.5. The minimum Gasteiger partial charge on any atom is -0.459 e. The molecule has 0 atom stereocenters. The lowest BCUT2D eigenvalue weighted by molar-refractivity contribution is 0.0927. The number of nitrogens with one attached hydrogen (secondary N) is 1. The number of amides is 1. The first-order chi connectivity index (χ1) is 8.66. The van der Waals surface area contributed by atoms with Crippen molar-refractivity contribution in [3.05, 3.63) is 47.4 Å². The molecule has 2 aromatic heterocycles. The van der Waals surface area contributed by atoms with Gasteiger partial charge in [0, 0.05) is 0 Å². The smallest absolute Gasteiger partial charge is 0.307 e. The molecule has 8 heteroatoms. The SMILES string of the molecule is N/C(=N\NC(=O)c1ccco1)c1cncc(Cl)n1. The van der Waals surface area contributed by atoms with Gasteiger partial charge in [-0.2, -0.15) is 5.10 Å². The Labute approximate surface area is 107 Å². The van der Waals surface area contributed by atoms with E-state index in [1.807, 2.05) is 0 Å². The summed E-state index contributed by atoms with van der Waals surface area (Å²) < 4.78 is 4.88. The average Bonchev–Trinajstić information content (AvgIpc) is 2.89. The fourth-order valence-corrected chi connectivity index (χ4v) is 1.24. The van der Waals surface area contributed by atoms with Gasteiger partial charge in [-0.1, -0.05) is 11.6 Å². The van der Waals surface area contributed by atoms with E-state index in [0.29, 0.717) is 0 Å². The molecule has 0 saturated carbocycles. The summed E-state index contributed by atoms with van der Waals surface area (Å²) in [6, 6.07) is 3.09. The molecule has 0 aliphatic heterocycles. The minimum atomic E-state index is -0.516. The summed E-state index contributed by atoms with van der Waals surface area (Å²) in [4.78, 5) is 19.2. The number of furan rings is 1. The number of carbonyl (C=O) groups excluding carboxylic acids is 1. The van der Waals surface area contributed by atoms with Crippen molar-refractivity contribution in [2.45, 2.75) is 0 Å². The Kier molecular flexibility index (Phi) is 3.54. The number of aromatic nitrogens is 2. The molecule has 2 rings (SSSR count). The van der Waals surface area contributed by atoms with Gasteiger partial charge in [0.1, 0.15) is 10.8 Å². The molecule has 7 nitrogen and oxygen atoms in total. The van der Waals surface area contributed by atoms with Gasteiger partial charge >= 0.3 is 5.91 Å². The molecule has 0 aliphatic rings. The largest absolute Gasteiger partial charge is 0.459 e. The van der Waals surface area contributed by atoms with Gasteiger partial charge in [0.2, 0.25) is 0 Å². The highest BCUT2D eigenvalue weighted by Gasteiger charge is 2.08. The Balaban J connectivity index is 2.08. The third kappa shape index (κ3) is 2.83. The fraction of sp³-hybridized carbons (Fsp3) is 0. The van der Waals surface area contributed by atoms with Crippen LogP contribution in [0, 0.1) is 0 Å². The number of hydrazone groups is 1. The first-order valence-corrected chi connectivity index (χ1v) is 5.19. The van der Waals surface area contributed by atoms with E-state index in [1.165, 1.54) is 24.7 Å². The molecule has 0 aromatic carbocycles. The zero-order valence-electron chi connectivity index (χ0n) is 9.00. The molecule has 0 saturated heterocycles. The van der Waals surface area contributed by atoms with Crippen molar-refractivity contribution in [2.75, 3.05) is 0 Å². The van der Waals surface area contributed by atoms with E-state index < -0.39 is 5.91 Å². The maximum atomic E-state index is 11.5. The number of hydrogen-bond donors (Lipinski definition) is 2. The highest BCUT2D eigenvalue weighted by Crippen LogP contribution is 2.02. The van der Waals surface area contributed by atoms with Crippen molar-refractivity contribution in [1.82, 2.24) is 15.4 Å². The summed E-state index contributed by atoms with van der Waals surface area (Å²) in [6.45, 7) is 0. The number of halogens is 1. The molecule has 2 aromatic rings. The fourth-order valence-electron chi connectivity index (χ4n) is 1.10. The monoisotopic (exact) mass is 265 g/mol. The maximum Gasteiger partial charge on any atom is 0.307 e. The topological polar surface area (TPSA) is 106 Å². The van der Waals surface area contributed by atoms with Crippen LogP contribution in [0.2, 0.25) is 5.15 Å². The summed E-state index contributed by atoms with van der Waals surface area (Å²) in [5.41, 5.74) is 8.10. The van der Waals surface area contributed by atoms with E-state index >= 15 is 0 Å². The van der Waals surface area contributed by atoms with E-state index in [4.69, 9.17) is 21.8 Å². The Morgan fingerprint density at radius 2 is 2.33 bits per heavy atom. The van der Waals surface area contributed by atoms with Gasteiger partial charge in [0.05, 0.1) is 18.7 Å². The van der Waals surface area contributed by atoms with Crippen molar-refractivity contribution in [3.63, 3.8) is 0 Å². The molecular formula is C10H8ClN5O2. The molecule has 0 aliphatic carbocycles. The number of nitrogens with zero attached hydrogens (tertiary/aromatic N) is 3. The van der Waals surface area contributed by atoms with Crippen LogP contribution < -0.4 is 11.2 Å². The van der Waals surface area contributed by atoms with Gasteiger partial charge in [0.15, 0.2) is 11.6 Å². The second kappa shape index (κ2) is 5.28. The highest BCUT2D eigenvalue weighted by molar-refractivity contribution is 6.29. The summed E-state index contributed by atoms with van der Waals surface area (Å²) in [5.74, 6) is -0.397. The number of hydrogen-bond acceptors (Lipinski definition) is 5. The lowest BCUT2D eigenvalue weighted by Gasteiger charge is -2.00. The lowest BCUT2D eigenvalue weighted by atomic mass is 10.4. The molecule has 0 bridgehead atoms. The summed E-state index contributed by atoms with van der Waals surface area (Å²) in [5, 5.41) is 3.85. The van der Waals surface area contributed by atoms with Crippen LogP contribution in [0.25, 0.3) is 0 Å². The van der Waals surface area contributed by atoms with Crippen molar-refractivity contribution in [1.29, 1.82) is 0 Å². The normalized spacial score (nSPS) is 11.3. The van der Waals surface area contributed by atoms with Crippen molar-refractivity contribution >= 4 is 23.3 Å². The zero-order valence-corrected chi connectivity index (χ0v) is 9.76. The van der Waals surface area contributed by atoms with E-state index in [9.17, 15) is 4.79 Å². The summed E-state index contributed by atoms with van der Waals surface area (Å²) >= 11 is 5.65. The number of amidine groups is 1. The quantitative estimate of drug-likeness (QED) is 0.484. The van der Waals surface area contributed by atoms with Crippen LogP contribution in [0.15, 0.2) is 40.3 Å². The Morgan fingerprint density at radius 1 is 1.50 bits per heavy atom. The first-order valence-electron chi connectivity index (χ1n) is 4.82. The van der Waals surface area contributed by atoms with Crippen molar-refractivity contribution in [2.24, 2.45) is 10.8 Å². The van der Waals surface area contributed by atoms with Gasteiger partial charge in [-0.15, -0.1) is 0 Å². The molecule has 1 amide bonds. The van der Waals surface area contributed by atoms with Crippen LogP contribution in [0.1, 0.15) is 16.2 Å². The van der Waals surface area contributed by atoms with Crippen molar-refractivity contribution in [3.8, 4) is 0 Å². The van der Waals surface area contributed by atoms with Gasteiger partial charge in [-0.05, 0) is 12.1 Å². The molecule has 3 N–H and O–H groups in total. The third-order valence-electron chi connectivity index (χ3n) is 1.89. The Morgan fingerprint density at radius 3 is 3.00 bits per heavy atom. The predicted octanol–water partition coefficient (Wildman–Crippen LogP) is 0.773. The number of nitrogens with two attached hydrogens (primary N) is 1. The van der Waals surface area contributed by atoms with Crippen LogP contribution in [-0.4, -0.2) is 21.7 Å². The van der Waals surface area contributed by atoms with Crippen LogP contribution in [0.4, 0.5) is 0 Å². The van der Waals surface area contributed by atoms with Crippen molar-refractivity contribution < 1.29 is 9.21 Å². The molecule has 2 heterocycles. The molecule has 0 fully saturated rings. The summed E-state index contributed by atoms with van der Waals surface area (Å²) in [6.07, 6.45) is 4.12. The molecule has 18 heavy (non-hydrogen) atoms. The predicted molar refractivity (Wildman–Crippen MR) is 63.9 cm³/mol. The zero-order chi connectivity index (χ0) is 13.0. The Hall–Kier alpha value is -2.41. The van der Waals surface area contributed by atoms with E-state index in [1.54, 1.807) is 6.07 Å². The van der Waals surface area contributed by atoms with Crippen LogP contribution in [0.5, 0.6) is 0 Å². The summed E-state index contributed by atoms with van der Waals surface area (Å²) in [7, 11) is 0. The van der Waals surface area contributed by atoms with Crippen LogP contribution in [0.3, 0.4) is 0 Å². The van der Waals surface area contributed by atoms with Crippen LogP contribution >= 0.6 is 11.6 Å². The van der Waals surface area contributed by atoms with E-state index in [0.717, 1.165) is 0 Å². The molecular weight excluding hydrogens is 258 g/mol. The minimum absolute atomic E-state index is 0.00935. The second-order valence-electron chi connectivity index (χ2n) is 3.14. The van der Waals surface area contributed by atoms with Crippen LogP contribution in [-0.2, 0) is 0 Å². The van der Waals surface area contributed by atoms with Gasteiger partial charge in [-0.3, -0.25) is 9.78 Å². The maximum absolute atomic E-state index is 11.5. The van der Waals surface area contributed by atoms with E-state index in [2.05, 4.69) is 20.5 Å². The standard InChI is InChI=1S/C10H8ClN5O2/c11-8-5-13-4-6(14-8)9(12)15-16-10(17)7-2-1-3-18-7/h1-5H,(H2,12,15)(H,16,17). The molecule has 0 spiro atoms.